The van der Waals surface area contributed by atoms with E-state index >= 15 is 0 Å². The SMILES string of the molecule is CCCCCCCCCCCCOc1cc(Cn2cc(COCCOCCOCCOCCP(C)(=O)O)nn2)cc(OCCCCCCCCCCCC)c1OCCCCCCCCCCCC. The number of benzene rings is 1. The Kier molecular flexibility index (Phi) is 40.7. The Morgan fingerprint density at radius 3 is 1.22 bits per heavy atom. The zero-order valence-corrected chi connectivity index (χ0v) is 45.0. The molecule has 1 heterocycles. The number of nitrogens with zero attached hydrogens (tertiary/aromatic N) is 3. The normalized spacial score (nSPS) is 12.5. The predicted molar refractivity (Wildman–Crippen MR) is 280 cm³/mol. The van der Waals surface area contributed by atoms with Gasteiger partial charge in [0.05, 0.1) is 85.4 Å². The first-order valence-electron chi connectivity index (χ1n) is 27.9. The lowest BCUT2D eigenvalue weighted by atomic mass is 10.1. The van der Waals surface area contributed by atoms with E-state index in [1.165, 1.54) is 180 Å². The minimum atomic E-state index is -3.03. The summed E-state index contributed by atoms with van der Waals surface area (Å²) < 4.78 is 55.3. The molecular formula is C55H102N3O9P. The van der Waals surface area contributed by atoms with Crippen LogP contribution in [0.5, 0.6) is 17.2 Å². The van der Waals surface area contributed by atoms with Gasteiger partial charge in [-0.05, 0) is 37.0 Å². The van der Waals surface area contributed by atoms with E-state index in [1.807, 2.05) is 10.9 Å². The van der Waals surface area contributed by atoms with Gasteiger partial charge in [-0.25, -0.2) is 4.68 Å². The van der Waals surface area contributed by atoms with Crippen LogP contribution >= 0.6 is 7.37 Å². The molecule has 0 aliphatic carbocycles. The first kappa shape index (κ1) is 61.9. The van der Waals surface area contributed by atoms with E-state index in [-0.39, 0.29) is 12.8 Å². The van der Waals surface area contributed by atoms with Gasteiger partial charge in [-0.1, -0.05) is 199 Å². The van der Waals surface area contributed by atoms with Gasteiger partial charge in [-0.3, -0.25) is 4.57 Å². The summed E-state index contributed by atoms with van der Waals surface area (Å²) in [6.07, 6.45) is 40.7. The van der Waals surface area contributed by atoms with Crippen molar-refractivity contribution in [1.82, 2.24) is 15.0 Å². The van der Waals surface area contributed by atoms with E-state index in [4.69, 9.17) is 33.2 Å². The molecule has 0 saturated carbocycles. The molecule has 0 aliphatic heterocycles. The van der Waals surface area contributed by atoms with E-state index in [0.717, 1.165) is 47.8 Å². The van der Waals surface area contributed by atoms with Crippen molar-refractivity contribution in [2.45, 2.75) is 227 Å². The topological polar surface area (TPSA) is 133 Å². The van der Waals surface area contributed by atoms with Crippen molar-refractivity contribution in [3.05, 3.63) is 29.6 Å². The minimum Gasteiger partial charge on any atom is -0.490 e. The number of hydrogen-bond donors (Lipinski definition) is 1. The van der Waals surface area contributed by atoms with Crippen LogP contribution in [0.2, 0.25) is 0 Å². The molecule has 68 heavy (non-hydrogen) atoms. The van der Waals surface area contributed by atoms with Crippen LogP contribution < -0.4 is 14.2 Å². The van der Waals surface area contributed by atoms with Gasteiger partial charge in [0.1, 0.15) is 5.69 Å². The van der Waals surface area contributed by atoms with Gasteiger partial charge in [-0.2, -0.15) is 0 Å². The van der Waals surface area contributed by atoms with Crippen LogP contribution in [0.1, 0.15) is 225 Å². The lowest BCUT2D eigenvalue weighted by molar-refractivity contribution is -0.00316. The summed E-state index contributed by atoms with van der Waals surface area (Å²) in [6, 6.07) is 4.23. The Bertz CT molecular complexity index is 1410. The molecule has 0 amide bonds. The summed E-state index contributed by atoms with van der Waals surface area (Å²) in [7, 11) is -3.03. The number of rotatable bonds is 52. The van der Waals surface area contributed by atoms with Crippen molar-refractivity contribution in [3.8, 4) is 17.2 Å². The maximum Gasteiger partial charge on any atom is 0.203 e. The summed E-state index contributed by atoms with van der Waals surface area (Å²) >= 11 is 0. The second-order valence-corrected chi connectivity index (χ2v) is 21.6. The lowest BCUT2D eigenvalue weighted by Crippen LogP contribution is -2.12. The highest BCUT2D eigenvalue weighted by Crippen LogP contribution is 2.40. The third-order valence-electron chi connectivity index (χ3n) is 12.3. The van der Waals surface area contributed by atoms with Crippen LogP contribution in [0.15, 0.2) is 18.3 Å². The molecule has 1 N–H and O–H groups in total. The third-order valence-corrected chi connectivity index (χ3v) is 13.3. The van der Waals surface area contributed by atoms with E-state index < -0.39 is 7.37 Å². The average molecular weight is 980 g/mol. The summed E-state index contributed by atoms with van der Waals surface area (Å²) in [5.41, 5.74) is 1.78. The second-order valence-electron chi connectivity index (χ2n) is 19.1. The molecule has 13 heteroatoms. The van der Waals surface area contributed by atoms with Crippen molar-refractivity contribution in [1.29, 1.82) is 0 Å². The van der Waals surface area contributed by atoms with Gasteiger partial charge in [0.15, 0.2) is 18.9 Å². The maximum absolute atomic E-state index is 11.3. The van der Waals surface area contributed by atoms with Crippen LogP contribution in [-0.4, -0.2) is 98.8 Å². The highest BCUT2D eigenvalue weighted by atomic mass is 31.2. The molecule has 1 aromatic carbocycles. The van der Waals surface area contributed by atoms with E-state index in [9.17, 15) is 9.46 Å². The van der Waals surface area contributed by atoms with Gasteiger partial charge in [0.25, 0.3) is 0 Å². The Morgan fingerprint density at radius 1 is 0.471 bits per heavy atom. The molecule has 0 aliphatic rings. The van der Waals surface area contributed by atoms with Crippen LogP contribution in [-0.2, 0) is 36.7 Å². The van der Waals surface area contributed by atoms with Crippen molar-refractivity contribution in [3.63, 3.8) is 0 Å². The lowest BCUT2D eigenvalue weighted by Gasteiger charge is -2.19. The van der Waals surface area contributed by atoms with Crippen molar-refractivity contribution in [2.75, 3.05) is 78.9 Å². The van der Waals surface area contributed by atoms with Crippen molar-refractivity contribution < 1.29 is 42.6 Å². The molecule has 1 unspecified atom stereocenters. The smallest absolute Gasteiger partial charge is 0.203 e. The highest BCUT2D eigenvalue weighted by Gasteiger charge is 2.17. The Balaban J connectivity index is 1.99. The number of hydrogen-bond acceptors (Lipinski definition) is 10. The average Bonchev–Trinajstić information content (AvgIpc) is 3.77. The Labute approximate surface area is 415 Å². The van der Waals surface area contributed by atoms with E-state index in [2.05, 4.69) is 43.2 Å². The first-order chi connectivity index (χ1) is 33.4. The summed E-state index contributed by atoms with van der Waals surface area (Å²) in [5.74, 6) is 2.26. The second kappa shape index (κ2) is 44.7. The Morgan fingerprint density at radius 2 is 0.824 bits per heavy atom. The molecule has 0 bridgehead atoms. The van der Waals surface area contributed by atoms with Crippen LogP contribution in [0.3, 0.4) is 0 Å². The monoisotopic (exact) mass is 980 g/mol. The summed E-state index contributed by atoms with van der Waals surface area (Å²) in [6.45, 7) is 13.8. The summed E-state index contributed by atoms with van der Waals surface area (Å²) in [4.78, 5) is 9.31. The molecule has 1 atom stereocenters. The maximum atomic E-state index is 11.3. The fourth-order valence-electron chi connectivity index (χ4n) is 8.13. The predicted octanol–water partition coefficient (Wildman–Crippen LogP) is 14.7. The minimum absolute atomic E-state index is 0.154. The number of ether oxygens (including phenoxy) is 7. The molecule has 0 saturated heterocycles. The van der Waals surface area contributed by atoms with Crippen molar-refractivity contribution >= 4 is 7.37 Å². The number of aromatic nitrogens is 3. The Hall–Kier alpha value is -2.21. The summed E-state index contributed by atoms with van der Waals surface area (Å²) in [5, 5.41) is 8.83. The van der Waals surface area contributed by atoms with Crippen molar-refractivity contribution in [2.24, 2.45) is 0 Å². The first-order valence-corrected chi connectivity index (χ1v) is 30.2. The molecule has 1 aromatic heterocycles. The molecule has 0 radical (unpaired) electrons. The fourth-order valence-corrected chi connectivity index (χ4v) is 8.59. The molecule has 2 rings (SSSR count). The van der Waals surface area contributed by atoms with Gasteiger partial charge in [-0.15, -0.1) is 5.10 Å². The molecule has 12 nitrogen and oxygen atoms in total. The van der Waals surface area contributed by atoms with Crippen LogP contribution in [0.4, 0.5) is 0 Å². The quantitative estimate of drug-likeness (QED) is 0.0502. The third kappa shape index (κ3) is 36.7. The molecule has 0 spiro atoms. The van der Waals surface area contributed by atoms with Gasteiger partial charge in [0.2, 0.25) is 5.75 Å². The molecular weight excluding hydrogens is 878 g/mol. The van der Waals surface area contributed by atoms with Gasteiger partial charge in [0, 0.05) is 12.8 Å². The fraction of sp³-hybridized carbons (Fsp3) is 0.855. The van der Waals surface area contributed by atoms with Crippen LogP contribution in [0, 0.1) is 0 Å². The zero-order chi connectivity index (χ0) is 48.9. The molecule has 0 fully saturated rings. The largest absolute Gasteiger partial charge is 0.490 e. The molecule has 2 aromatic rings. The van der Waals surface area contributed by atoms with Gasteiger partial charge < -0.3 is 38.1 Å². The molecule has 396 valence electrons. The standard InChI is InChI=1S/C55H102N3O9P/c1-5-8-11-14-17-20-23-26-29-32-35-65-53-46-51(48-58-49-52(56-57-58)50-64-43-42-62-39-38-61-40-41-63-44-45-68(4,59)60)47-54(66-36-33-30-27-24-21-18-15-12-9-6-2)55(53)67-37-34-31-28-25-22-19-16-13-10-7-3/h46-47,49H,5-45,48,50H2,1-4H3,(H,59,60). The van der Waals surface area contributed by atoms with Crippen LogP contribution in [0.25, 0.3) is 0 Å². The number of unbranched alkanes of at least 4 members (excludes halogenated alkanes) is 27. The van der Waals surface area contributed by atoms with Gasteiger partial charge >= 0.3 is 0 Å². The highest BCUT2D eigenvalue weighted by molar-refractivity contribution is 7.57. The zero-order valence-electron chi connectivity index (χ0n) is 44.1. The van der Waals surface area contributed by atoms with E-state index in [0.29, 0.717) is 72.6 Å². The van der Waals surface area contributed by atoms with E-state index in [1.54, 1.807) is 0 Å².